The second kappa shape index (κ2) is 4.61. The highest BCUT2D eigenvalue weighted by atomic mass is 16.6. The molecular weight excluding hydrogens is 204 g/mol. The molecule has 4 nitrogen and oxygen atoms in total. The molecule has 1 aromatic carbocycles. The topological polar surface area (TPSA) is 69.2 Å². The van der Waals surface area contributed by atoms with Crippen molar-refractivity contribution in [1.29, 1.82) is 0 Å². The van der Waals surface area contributed by atoms with Gasteiger partial charge in [-0.15, -0.1) is 0 Å². The highest BCUT2D eigenvalue weighted by Gasteiger charge is 2.23. The lowest BCUT2D eigenvalue weighted by Gasteiger charge is -2.26. The molecule has 0 aliphatic heterocycles. The molecule has 1 rings (SSSR count). The van der Waals surface area contributed by atoms with E-state index in [9.17, 15) is 10.1 Å². The van der Waals surface area contributed by atoms with Gasteiger partial charge in [-0.3, -0.25) is 10.1 Å². The molecule has 0 fully saturated rings. The molecule has 0 aliphatic rings. The van der Waals surface area contributed by atoms with E-state index in [4.69, 9.17) is 5.73 Å². The summed E-state index contributed by atoms with van der Waals surface area (Å²) < 4.78 is 0. The Morgan fingerprint density at radius 3 is 2.44 bits per heavy atom. The number of nitro groups is 1. The van der Waals surface area contributed by atoms with Gasteiger partial charge in [-0.2, -0.15) is 0 Å². The van der Waals surface area contributed by atoms with Crippen molar-refractivity contribution in [3.05, 3.63) is 39.9 Å². The maximum absolute atomic E-state index is 10.8. The first kappa shape index (κ1) is 12.6. The van der Waals surface area contributed by atoms with Crippen molar-refractivity contribution in [2.24, 2.45) is 11.1 Å². The van der Waals surface area contributed by atoms with E-state index < -0.39 is 0 Å². The molecule has 0 amide bonds. The first-order valence-corrected chi connectivity index (χ1v) is 5.30. The van der Waals surface area contributed by atoms with Gasteiger partial charge in [-0.25, -0.2) is 0 Å². The predicted molar refractivity (Wildman–Crippen MR) is 64.2 cm³/mol. The van der Waals surface area contributed by atoms with Crippen LogP contribution in [0.2, 0.25) is 0 Å². The molecule has 0 spiro atoms. The van der Waals surface area contributed by atoms with Gasteiger partial charge in [0.25, 0.3) is 5.69 Å². The Balaban J connectivity index is 2.93. The van der Waals surface area contributed by atoms with E-state index in [1.165, 1.54) is 6.07 Å². The van der Waals surface area contributed by atoms with Gasteiger partial charge in [-0.1, -0.05) is 39.0 Å². The third kappa shape index (κ3) is 3.03. The molecule has 1 unspecified atom stereocenters. The van der Waals surface area contributed by atoms with Crippen LogP contribution in [0.15, 0.2) is 24.3 Å². The molecule has 0 radical (unpaired) electrons. The second-order valence-corrected chi connectivity index (χ2v) is 5.06. The van der Waals surface area contributed by atoms with Crippen LogP contribution in [-0.4, -0.2) is 11.0 Å². The van der Waals surface area contributed by atoms with E-state index in [-0.39, 0.29) is 22.1 Å². The maximum atomic E-state index is 10.8. The van der Waals surface area contributed by atoms with Crippen molar-refractivity contribution >= 4 is 5.69 Å². The molecule has 0 aromatic heterocycles. The van der Waals surface area contributed by atoms with Crippen molar-refractivity contribution in [2.75, 3.05) is 0 Å². The minimum atomic E-state index is -0.356. The standard InChI is InChI=1S/C12H18N2O2/c1-12(2,3)11(13)8-9-6-4-5-7-10(9)14(15)16/h4-7,11H,8,13H2,1-3H3. The first-order chi connectivity index (χ1) is 7.32. The normalized spacial score (nSPS) is 13.5. The summed E-state index contributed by atoms with van der Waals surface area (Å²) in [5, 5.41) is 10.8. The Morgan fingerprint density at radius 2 is 1.94 bits per heavy atom. The van der Waals surface area contributed by atoms with Crippen molar-refractivity contribution in [2.45, 2.75) is 33.2 Å². The average molecular weight is 222 g/mol. The van der Waals surface area contributed by atoms with E-state index in [1.54, 1.807) is 18.2 Å². The van der Waals surface area contributed by atoms with E-state index >= 15 is 0 Å². The number of rotatable bonds is 3. The first-order valence-electron chi connectivity index (χ1n) is 5.30. The highest BCUT2D eigenvalue weighted by molar-refractivity contribution is 5.40. The minimum Gasteiger partial charge on any atom is -0.327 e. The third-order valence-corrected chi connectivity index (χ3v) is 2.74. The number of nitrogens with two attached hydrogens (primary N) is 1. The van der Waals surface area contributed by atoms with Gasteiger partial charge in [0.1, 0.15) is 0 Å². The van der Waals surface area contributed by atoms with E-state index in [2.05, 4.69) is 0 Å². The smallest absolute Gasteiger partial charge is 0.272 e. The van der Waals surface area contributed by atoms with Crippen molar-refractivity contribution in [3.63, 3.8) is 0 Å². The summed E-state index contributed by atoms with van der Waals surface area (Å²) in [6.07, 6.45) is 0.528. The summed E-state index contributed by atoms with van der Waals surface area (Å²) >= 11 is 0. The van der Waals surface area contributed by atoms with Crippen LogP contribution >= 0.6 is 0 Å². The highest BCUT2D eigenvalue weighted by Crippen LogP contribution is 2.25. The van der Waals surface area contributed by atoms with Crippen LogP contribution in [0.3, 0.4) is 0 Å². The van der Waals surface area contributed by atoms with Gasteiger partial charge in [0.05, 0.1) is 4.92 Å². The summed E-state index contributed by atoms with van der Waals surface area (Å²) in [7, 11) is 0. The van der Waals surface area contributed by atoms with Gasteiger partial charge in [0.15, 0.2) is 0 Å². The van der Waals surface area contributed by atoms with Crippen molar-refractivity contribution < 1.29 is 4.92 Å². The molecule has 0 aliphatic carbocycles. The number of hydrogen-bond donors (Lipinski definition) is 1. The molecule has 0 heterocycles. The molecule has 16 heavy (non-hydrogen) atoms. The summed E-state index contributed by atoms with van der Waals surface area (Å²) in [5.74, 6) is 0. The van der Waals surface area contributed by atoms with Crippen LogP contribution < -0.4 is 5.73 Å². The van der Waals surface area contributed by atoms with Gasteiger partial charge in [-0.05, 0) is 11.8 Å². The lowest BCUT2D eigenvalue weighted by Crippen LogP contribution is -2.37. The molecule has 1 aromatic rings. The molecule has 0 saturated heterocycles. The molecule has 4 heteroatoms. The third-order valence-electron chi connectivity index (χ3n) is 2.74. The van der Waals surface area contributed by atoms with Crippen molar-refractivity contribution in [1.82, 2.24) is 0 Å². The van der Waals surface area contributed by atoms with Crippen LogP contribution in [0.4, 0.5) is 5.69 Å². The molecule has 0 saturated carbocycles. The van der Waals surface area contributed by atoms with Crippen LogP contribution in [0.25, 0.3) is 0 Å². The van der Waals surface area contributed by atoms with Gasteiger partial charge < -0.3 is 5.73 Å². The number of nitrogens with zero attached hydrogens (tertiary/aromatic N) is 1. The fraction of sp³-hybridized carbons (Fsp3) is 0.500. The summed E-state index contributed by atoms with van der Waals surface area (Å²) in [6, 6.07) is 6.67. The van der Waals surface area contributed by atoms with E-state index in [0.29, 0.717) is 12.0 Å². The maximum Gasteiger partial charge on any atom is 0.272 e. The quantitative estimate of drug-likeness (QED) is 0.631. The average Bonchev–Trinajstić information content (AvgIpc) is 2.16. The molecule has 1 atom stereocenters. The Bertz CT molecular complexity index is 383. The zero-order valence-electron chi connectivity index (χ0n) is 9.93. The van der Waals surface area contributed by atoms with Crippen LogP contribution in [-0.2, 0) is 6.42 Å². The zero-order chi connectivity index (χ0) is 12.3. The van der Waals surface area contributed by atoms with Crippen LogP contribution in [0, 0.1) is 15.5 Å². The molecule has 0 bridgehead atoms. The minimum absolute atomic E-state index is 0.0519. The largest absolute Gasteiger partial charge is 0.327 e. The monoisotopic (exact) mass is 222 g/mol. The SMILES string of the molecule is CC(C)(C)C(N)Cc1ccccc1[N+](=O)[O-]. The summed E-state index contributed by atoms with van der Waals surface area (Å²) in [4.78, 5) is 10.5. The lowest BCUT2D eigenvalue weighted by atomic mass is 9.83. The number of nitro benzene ring substituents is 1. The Morgan fingerprint density at radius 1 is 1.38 bits per heavy atom. The predicted octanol–water partition coefficient (Wildman–Crippen LogP) is 2.51. The number of para-hydroxylation sites is 1. The van der Waals surface area contributed by atoms with Crippen LogP contribution in [0.1, 0.15) is 26.3 Å². The van der Waals surface area contributed by atoms with E-state index in [0.717, 1.165) is 0 Å². The van der Waals surface area contributed by atoms with E-state index in [1.807, 2.05) is 20.8 Å². The Kier molecular flexibility index (Phi) is 3.65. The van der Waals surface area contributed by atoms with Gasteiger partial charge in [0, 0.05) is 17.7 Å². The molecule has 2 N–H and O–H groups in total. The number of benzene rings is 1. The molecule has 88 valence electrons. The Labute approximate surface area is 95.6 Å². The lowest BCUT2D eigenvalue weighted by molar-refractivity contribution is -0.385. The zero-order valence-corrected chi connectivity index (χ0v) is 9.93. The molecular formula is C12H18N2O2. The summed E-state index contributed by atoms with van der Waals surface area (Å²) in [5.41, 5.74) is 6.84. The van der Waals surface area contributed by atoms with Gasteiger partial charge in [0.2, 0.25) is 0 Å². The fourth-order valence-electron chi connectivity index (χ4n) is 1.40. The second-order valence-electron chi connectivity index (χ2n) is 5.06. The van der Waals surface area contributed by atoms with Crippen LogP contribution in [0.5, 0.6) is 0 Å². The fourth-order valence-corrected chi connectivity index (χ4v) is 1.40. The Hall–Kier alpha value is -1.42. The van der Waals surface area contributed by atoms with Crippen molar-refractivity contribution in [3.8, 4) is 0 Å². The van der Waals surface area contributed by atoms with Gasteiger partial charge >= 0.3 is 0 Å². The number of hydrogen-bond acceptors (Lipinski definition) is 3. The summed E-state index contributed by atoms with van der Waals surface area (Å²) in [6.45, 7) is 6.10.